The van der Waals surface area contributed by atoms with E-state index >= 15 is 0 Å². The first kappa shape index (κ1) is 12.1. The van der Waals surface area contributed by atoms with E-state index in [1.54, 1.807) is 0 Å². The number of benzene rings is 1. The van der Waals surface area contributed by atoms with Crippen molar-refractivity contribution in [1.29, 1.82) is 0 Å². The van der Waals surface area contributed by atoms with E-state index in [2.05, 4.69) is 31.0 Å². The van der Waals surface area contributed by atoms with Crippen LogP contribution in [0.1, 0.15) is 26.6 Å². The van der Waals surface area contributed by atoms with Crippen molar-refractivity contribution in [2.45, 2.75) is 26.2 Å². The molecule has 0 aliphatic rings. The van der Waals surface area contributed by atoms with Crippen molar-refractivity contribution in [2.24, 2.45) is 7.05 Å². The van der Waals surface area contributed by atoms with E-state index in [-0.39, 0.29) is 5.41 Å². The first-order valence-electron chi connectivity index (χ1n) is 5.55. The molecule has 0 unspecified atom stereocenters. The Morgan fingerprint density at radius 1 is 1.06 bits per heavy atom. The minimum Gasteiger partial charge on any atom is -0.314 e. The van der Waals surface area contributed by atoms with Gasteiger partial charge in [0.25, 0.3) is 0 Å². The molecular weight excluding hydrogens is 234 g/mol. The molecule has 90 valence electrons. The second-order valence-corrected chi connectivity index (χ2v) is 5.60. The van der Waals surface area contributed by atoms with E-state index < -0.39 is 0 Å². The normalized spacial score (nSPS) is 11.8. The predicted octanol–water partition coefficient (Wildman–Crippen LogP) is 3.43. The maximum absolute atomic E-state index is 5.87. The van der Waals surface area contributed by atoms with Crippen LogP contribution < -0.4 is 0 Å². The van der Waals surface area contributed by atoms with E-state index in [0.717, 1.165) is 22.2 Å². The molecule has 1 heterocycles. The SMILES string of the molecule is Cn1c(-c2ccc(Cl)cc2)nnc1C(C)(C)C. The van der Waals surface area contributed by atoms with Gasteiger partial charge < -0.3 is 4.57 Å². The Bertz CT molecular complexity index is 521. The highest BCUT2D eigenvalue weighted by molar-refractivity contribution is 6.30. The van der Waals surface area contributed by atoms with Gasteiger partial charge in [-0.2, -0.15) is 0 Å². The highest BCUT2D eigenvalue weighted by Gasteiger charge is 2.22. The van der Waals surface area contributed by atoms with E-state index in [4.69, 9.17) is 11.6 Å². The van der Waals surface area contributed by atoms with Gasteiger partial charge in [0.1, 0.15) is 5.82 Å². The summed E-state index contributed by atoms with van der Waals surface area (Å²) in [6.45, 7) is 6.38. The van der Waals surface area contributed by atoms with Crippen LogP contribution in [0.25, 0.3) is 11.4 Å². The predicted molar refractivity (Wildman–Crippen MR) is 70.1 cm³/mol. The lowest BCUT2D eigenvalue weighted by Gasteiger charge is -2.17. The quantitative estimate of drug-likeness (QED) is 0.775. The van der Waals surface area contributed by atoms with Crippen molar-refractivity contribution in [3.8, 4) is 11.4 Å². The summed E-state index contributed by atoms with van der Waals surface area (Å²) in [5.41, 5.74) is 1.02. The number of hydrogen-bond acceptors (Lipinski definition) is 2. The molecule has 0 fully saturated rings. The van der Waals surface area contributed by atoms with Crippen LogP contribution in [-0.4, -0.2) is 14.8 Å². The maximum Gasteiger partial charge on any atom is 0.163 e. The van der Waals surface area contributed by atoms with Gasteiger partial charge in [0, 0.05) is 23.0 Å². The Kier molecular flexibility index (Phi) is 2.96. The molecule has 0 aliphatic carbocycles. The third kappa shape index (κ3) is 2.34. The second-order valence-electron chi connectivity index (χ2n) is 5.16. The molecule has 0 spiro atoms. The molecule has 1 aromatic heterocycles. The zero-order chi connectivity index (χ0) is 12.6. The van der Waals surface area contributed by atoms with Gasteiger partial charge in [-0.3, -0.25) is 0 Å². The zero-order valence-electron chi connectivity index (χ0n) is 10.5. The largest absolute Gasteiger partial charge is 0.314 e. The fraction of sp³-hybridized carbons (Fsp3) is 0.385. The first-order chi connectivity index (χ1) is 7.89. The summed E-state index contributed by atoms with van der Waals surface area (Å²) in [6, 6.07) is 7.64. The lowest BCUT2D eigenvalue weighted by Crippen LogP contribution is -2.17. The molecule has 0 N–H and O–H groups in total. The topological polar surface area (TPSA) is 30.7 Å². The van der Waals surface area contributed by atoms with Gasteiger partial charge in [-0.25, -0.2) is 0 Å². The Labute approximate surface area is 106 Å². The third-order valence-corrected chi connectivity index (χ3v) is 2.90. The van der Waals surface area contributed by atoms with Gasteiger partial charge in [-0.05, 0) is 24.3 Å². The molecule has 2 rings (SSSR count). The van der Waals surface area contributed by atoms with Crippen molar-refractivity contribution < 1.29 is 0 Å². The van der Waals surface area contributed by atoms with Crippen LogP contribution in [0, 0.1) is 0 Å². The van der Waals surface area contributed by atoms with Gasteiger partial charge in [0.05, 0.1) is 0 Å². The molecule has 0 aliphatic heterocycles. The Morgan fingerprint density at radius 3 is 2.12 bits per heavy atom. The van der Waals surface area contributed by atoms with E-state index in [9.17, 15) is 0 Å². The minimum absolute atomic E-state index is 0.00751. The van der Waals surface area contributed by atoms with Gasteiger partial charge in [-0.15, -0.1) is 10.2 Å². The van der Waals surface area contributed by atoms with Crippen LogP contribution in [0.3, 0.4) is 0 Å². The Hall–Kier alpha value is -1.35. The maximum atomic E-state index is 5.87. The fourth-order valence-corrected chi connectivity index (χ4v) is 1.96. The summed E-state index contributed by atoms with van der Waals surface area (Å²) in [5.74, 6) is 1.84. The monoisotopic (exact) mass is 249 g/mol. The summed E-state index contributed by atoms with van der Waals surface area (Å²) in [5, 5.41) is 9.25. The number of halogens is 1. The van der Waals surface area contributed by atoms with Gasteiger partial charge in [-0.1, -0.05) is 32.4 Å². The molecule has 0 saturated heterocycles. The van der Waals surface area contributed by atoms with Crippen LogP contribution in [0.5, 0.6) is 0 Å². The number of nitrogens with zero attached hydrogens (tertiary/aromatic N) is 3. The lowest BCUT2D eigenvalue weighted by molar-refractivity contribution is 0.521. The van der Waals surface area contributed by atoms with E-state index in [1.165, 1.54) is 0 Å². The van der Waals surface area contributed by atoms with Crippen LogP contribution in [0.2, 0.25) is 5.02 Å². The van der Waals surface area contributed by atoms with Crippen molar-refractivity contribution in [1.82, 2.24) is 14.8 Å². The molecule has 4 heteroatoms. The Morgan fingerprint density at radius 2 is 1.65 bits per heavy atom. The van der Waals surface area contributed by atoms with Crippen molar-refractivity contribution in [2.75, 3.05) is 0 Å². The fourth-order valence-electron chi connectivity index (χ4n) is 1.83. The first-order valence-corrected chi connectivity index (χ1v) is 5.93. The van der Waals surface area contributed by atoms with Gasteiger partial charge >= 0.3 is 0 Å². The Balaban J connectivity index is 2.48. The molecule has 0 radical (unpaired) electrons. The summed E-state index contributed by atoms with van der Waals surface area (Å²) < 4.78 is 2.03. The van der Waals surface area contributed by atoms with Crippen molar-refractivity contribution >= 4 is 11.6 Å². The van der Waals surface area contributed by atoms with Crippen molar-refractivity contribution in [3.63, 3.8) is 0 Å². The number of aromatic nitrogens is 3. The molecular formula is C13H16ClN3. The van der Waals surface area contributed by atoms with Crippen molar-refractivity contribution in [3.05, 3.63) is 35.1 Å². The van der Waals surface area contributed by atoms with Gasteiger partial charge in [0.15, 0.2) is 5.82 Å². The van der Waals surface area contributed by atoms with E-state index in [1.807, 2.05) is 35.9 Å². The smallest absolute Gasteiger partial charge is 0.163 e. The number of rotatable bonds is 1. The molecule has 0 amide bonds. The second kappa shape index (κ2) is 4.15. The minimum atomic E-state index is -0.00751. The zero-order valence-corrected chi connectivity index (χ0v) is 11.3. The molecule has 1 aromatic carbocycles. The molecule has 3 nitrogen and oxygen atoms in total. The highest BCUT2D eigenvalue weighted by Crippen LogP contribution is 2.25. The summed E-state index contributed by atoms with van der Waals surface area (Å²) >= 11 is 5.87. The lowest BCUT2D eigenvalue weighted by atomic mass is 9.96. The summed E-state index contributed by atoms with van der Waals surface area (Å²) in [4.78, 5) is 0. The molecule has 2 aromatic rings. The average Bonchev–Trinajstić information content (AvgIpc) is 2.61. The van der Waals surface area contributed by atoms with Crippen LogP contribution in [-0.2, 0) is 12.5 Å². The molecule has 17 heavy (non-hydrogen) atoms. The van der Waals surface area contributed by atoms with Gasteiger partial charge in [0.2, 0.25) is 0 Å². The summed E-state index contributed by atoms with van der Waals surface area (Å²) in [7, 11) is 1.99. The van der Waals surface area contributed by atoms with Crippen LogP contribution in [0.15, 0.2) is 24.3 Å². The van der Waals surface area contributed by atoms with Crippen LogP contribution >= 0.6 is 11.6 Å². The molecule has 0 saturated carbocycles. The van der Waals surface area contributed by atoms with Crippen LogP contribution in [0.4, 0.5) is 0 Å². The standard InChI is InChI=1S/C13H16ClN3/c1-13(2,3)12-16-15-11(17(12)4)9-5-7-10(14)8-6-9/h5-8H,1-4H3. The molecule has 0 atom stereocenters. The molecule has 0 bridgehead atoms. The van der Waals surface area contributed by atoms with E-state index in [0.29, 0.717) is 0 Å². The average molecular weight is 250 g/mol. The number of hydrogen-bond donors (Lipinski definition) is 0. The summed E-state index contributed by atoms with van der Waals surface area (Å²) in [6.07, 6.45) is 0. The highest BCUT2D eigenvalue weighted by atomic mass is 35.5. The third-order valence-electron chi connectivity index (χ3n) is 2.65.